The number of hydrogen-bond donors (Lipinski definition) is 1. The van der Waals surface area contributed by atoms with Gasteiger partial charge in [0, 0.05) is 30.8 Å². The molecular weight excluding hydrogens is 388 g/mol. The van der Waals surface area contributed by atoms with Crippen LogP contribution in [0.1, 0.15) is 78.6 Å². The lowest BCUT2D eigenvalue weighted by Gasteiger charge is -2.61. The van der Waals surface area contributed by atoms with Gasteiger partial charge in [0.1, 0.15) is 5.78 Å². The fourth-order valence-corrected chi connectivity index (χ4v) is 9.26. The molecule has 29 heavy (non-hydrogen) atoms. The van der Waals surface area contributed by atoms with E-state index in [0.717, 1.165) is 43.6 Å². The average Bonchev–Trinajstić information content (AvgIpc) is 3.24. The predicted octanol–water partition coefficient (Wildman–Crippen LogP) is 5.04. The van der Waals surface area contributed by atoms with Crippen molar-refractivity contribution in [3.05, 3.63) is 0 Å². The molecule has 0 bridgehead atoms. The molecule has 1 aliphatic heterocycles. The summed E-state index contributed by atoms with van der Waals surface area (Å²) >= 11 is 0.978. The van der Waals surface area contributed by atoms with Crippen LogP contribution in [0.4, 0.5) is 0 Å². The monoisotopic (exact) mass is 422 g/mol. The summed E-state index contributed by atoms with van der Waals surface area (Å²) in [4.78, 5) is 23.6. The van der Waals surface area contributed by atoms with Gasteiger partial charge in [0.05, 0.1) is 0 Å². The molecular formula is C23H34O5S. The van der Waals surface area contributed by atoms with Gasteiger partial charge in [-0.2, -0.15) is 0 Å². The lowest BCUT2D eigenvalue weighted by atomic mass is 9.44. The summed E-state index contributed by atoms with van der Waals surface area (Å²) in [6, 6.07) is 0. The third-order valence-electron chi connectivity index (χ3n) is 9.97. The number of carbonyl (C=O) groups excluding carboxylic acids is 1. The first-order chi connectivity index (χ1) is 13.7. The van der Waals surface area contributed by atoms with Crippen molar-refractivity contribution < 1.29 is 23.6 Å². The van der Waals surface area contributed by atoms with Crippen LogP contribution in [0.15, 0.2) is 0 Å². The highest BCUT2D eigenvalue weighted by Gasteiger charge is 2.63. The van der Waals surface area contributed by atoms with Crippen LogP contribution in [-0.2, 0) is 18.5 Å². The average molecular weight is 423 g/mol. The van der Waals surface area contributed by atoms with Crippen LogP contribution >= 0.6 is 12.0 Å². The topological polar surface area (TPSA) is 72.8 Å². The molecule has 4 aliphatic carbocycles. The zero-order valence-corrected chi connectivity index (χ0v) is 18.6. The van der Waals surface area contributed by atoms with Gasteiger partial charge in [0.2, 0.25) is 5.44 Å². The third kappa shape index (κ3) is 2.88. The van der Waals surface area contributed by atoms with Crippen molar-refractivity contribution in [1.29, 1.82) is 0 Å². The number of hydrogen-bond acceptors (Lipinski definition) is 5. The molecule has 5 aliphatic rings. The minimum Gasteiger partial charge on any atom is -0.479 e. The van der Waals surface area contributed by atoms with Crippen molar-refractivity contribution >= 4 is 23.8 Å². The van der Waals surface area contributed by atoms with Crippen LogP contribution in [0.2, 0.25) is 0 Å². The molecule has 3 unspecified atom stereocenters. The summed E-state index contributed by atoms with van der Waals surface area (Å²) in [5, 5.41) is 9.29. The van der Waals surface area contributed by atoms with Crippen molar-refractivity contribution in [2.24, 2.45) is 40.4 Å². The summed E-state index contributed by atoms with van der Waals surface area (Å²) in [7, 11) is 0. The van der Waals surface area contributed by atoms with Gasteiger partial charge >= 0.3 is 5.97 Å². The second-order valence-corrected chi connectivity index (χ2v) is 11.8. The van der Waals surface area contributed by atoms with Gasteiger partial charge in [0.15, 0.2) is 5.79 Å². The second kappa shape index (κ2) is 6.70. The molecule has 5 nitrogen and oxygen atoms in total. The third-order valence-corrected chi connectivity index (χ3v) is 10.8. The Morgan fingerprint density at radius 2 is 1.72 bits per heavy atom. The van der Waals surface area contributed by atoms with Gasteiger partial charge < -0.3 is 9.84 Å². The zero-order valence-electron chi connectivity index (χ0n) is 17.8. The van der Waals surface area contributed by atoms with E-state index in [0.29, 0.717) is 23.5 Å². The number of carboxylic acid groups (broad SMARTS) is 1. The molecule has 5 fully saturated rings. The van der Waals surface area contributed by atoms with E-state index < -0.39 is 17.2 Å². The van der Waals surface area contributed by atoms with Crippen molar-refractivity contribution in [3.63, 3.8) is 0 Å². The van der Waals surface area contributed by atoms with Crippen LogP contribution in [0.5, 0.6) is 0 Å². The molecule has 1 saturated heterocycles. The molecule has 0 aromatic carbocycles. The Balaban J connectivity index is 1.35. The Morgan fingerprint density at radius 3 is 2.41 bits per heavy atom. The van der Waals surface area contributed by atoms with Crippen LogP contribution in [0, 0.1) is 40.4 Å². The van der Waals surface area contributed by atoms with Crippen LogP contribution in [0.3, 0.4) is 0 Å². The highest BCUT2D eigenvalue weighted by Crippen LogP contribution is 2.68. The summed E-state index contributed by atoms with van der Waals surface area (Å²) in [6.07, 6.45) is 9.78. The molecule has 1 spiro atoms. The van der Waals surface area contributed by atoms with Gasteiger partial charge in [-0.1, -0.05) is 13.8 Å². The quantitative estimate of drug-likeness (QED) is 0.629. The Morgan fingerprint density at radius 1 is 0.966 bits per heavy atom. The number of ketones is 1. The summed E-state index contributed by atoms with van der Waals surface area (Å²) in [5.41, 5.74) is -0.412. The summed E-state index contributed by atoms with van der Waals surface area (Å²) in [5.74, 6) is 1.67. The lowest BCUT2D eigenvalue weighted by Crippen LogP contribution is -2.56. The Hall–Kier alpha value is -0.590. The number of ether oxygens (including phenoxy) is 1. The Kier molecular flexibility index (Phi) is 4.70. The highest BCUT2D eigenvalue weighted by atomic mass is 32.2. The van der Waals surface area contributed by atoms with Crippen molar-refractivity contribution in [3.8, 4) is 0 Å². The number of carboxylic acids is 1. The molecule has 9 atom stereocenters. The van der Waals surface area contributed by atoms with E-state index >= 15 is 0 Å². The first-order valence-electron chi connectivity index (χ1n) is 11.4. The minimum absolute atomic E-state index is 0.203. The maximum atomic E-state index is 12.3. The first kappa shape index (κ1) is 20.3. The molecule has 0 radical (unpaired) electrons. The van der Waals surface area contributed by atoms with Crippen LogP contribution in [0.25, 0.3) is 0 Å². The number of fused-ring (bicyclic) bond motifs is 5. The molecule has 5 rings (SSSR count). The maximum Gasteiger partial charge on any atom is 0.345 e. The maximum absolute atomic E-state index is 12.3. The van der Waals surface area contributed by atoms with E-state index in [1.54, 1.807) is 6.92 Å². The Bertz CT molecular complexity index is 726. The molecule has 0 aromatic heterocycles. The SMILES string of the molecule is CC(=O)[C@H]1CC[C@H]2[C@@H]3CCC4CC5(CC[C@]4(C)[C@H]3CC[C@]12C)OSC(C(=O)O)O5. The van der Waals surface area contributed by atoms with E-state index in [2.05, 4.69) is 13.8 Å². The largest absolute Gasteiger partial charge is 0.479 e. The smallest absolute Gasteiger partial charge is 0.345 e. The minimum atomic E-state index is -0.947. The predicted molar refractivity (Wildman–Crippen MR) is 110 cm³/mol. The number of aliphatic carboxylic acids is 1. The number of Topliss-reactive ketones (excluding diaryl/α,β-unsaturated/α-hetero) is 1. The van der Waals surface area contributed by atoms with Crippen molar-refractivity contribution in [2.75, 3.05) is 0 Å². The number of carbonyl (C=O) groups is 2. The van der Waals surface area contributed by atoms with Gasteiger partial charge in [-0.15, -0.1) is 0 Å². The van der Waals surface area contributed by atoms with Crippen LogP contribution < -0.4 is 0 Å². The summed E-state index contributed by atoms with van der Waals surface area (Å²) in [6.45, 7) is 6.69. The van der Waals surface area contributed by atoms with E-state index in [-0.39, 0.29) is 16.7 Å². The fourth-order valence-electron chi connectivity index (χ4n) is 8.50. The number of rotatable bonds is 2. The highest BCUT2D eigenvalue weighted by molar-refractivity contribution is 7.96. The summed E-state index contributed by atoms with van der Waals surface area (Å²) < 4.78 is 11.8. The van der Waals surface area contributed by atoms with Gasteiger partial charge in [-0.05, 0) is 86.4 Å². The van der Waals surface area contributed by atoms with E-state index in [1.165, 1.54) is 32.1 Å². The van der Waals surface area contributed by atoms with E-state index in [9.17, 15) is 14.7 Å². The van der Waals surface area contributed by atoms with Crippen molar-refractivity contribution in [1.82, 2.24) is 0 Å². The standard InChI is InChI=1S/C23H34O5S/c1-13(24)16-6-7-17-15-5-4-14-12-23(27-20(19(25)26)29-28-23)11-10-21(14,2)18(15)8-9-22(16,17)3/h14-18,20H,4-12H2,1-3H3,(H,25,26)/t14?,15-,16+,17-,18-,20?,21-,22+,23?/m0/s1. The van der Waals surface area contributed by atoms with E-state index in [1.807, 2.05) is 0 Å². The van der Waals surface area contributed by atoms with Gasteiger partial charge in [0.25, 0.3) is 0 Å². The van der Waals surface area contributed by atoms with Crippen LogP contribution in [-0.4, -0.2) is 28.1 Å². The molecule has 1 N–H and O–H groups in total. The van der Waals surface area contributed by atoms with Gasteiger partial charge in [-0.25, -0.2) is 4.79 Å². The molecule has 0 aromatic rings. The molecule has 0 amide bonds. The normalized spacial score (nSPS) is 53.9. The lowest BCUT2D eigenvalue weighted by molar-refractivity contribution is -0.228. The van der Waals surface area contributed by atoms with Gasteiger partial charge in [-0.3, -0.25) is 8.98 Å². The second-order valence-electron chi connectivity index (χ2n) is 11.0. The zero-order chi connectivity index (χ0) is 20.6. The molecule has 6 heteroatoms. The molecule has 162 valence electrons. The fraction of sp³-hybridized carbons (Fsp3) is 0.913. The molecule has 1 heterocycles. The Labute approximate surface area is 177 Å². The first-order valence-corrected chi connectivity index (χ1v) is 12.2. The van der Waals surface area contributed by atoms with E-state index in [4.69, 9.17) is 8.92 Å². The molecule has 4 saturated carbocycles. The van der Waals surface area contributed by atoms with Crippen molar-refractivity contribution in [2.45, 2.75) is 89.8 Å².